The molecule has 2 rings (SSSR count). The summed E-state index contributed by atoms with van der Waals surface area (Å²) in [4.78, 5) is 11.9. The molecule has 1 aromatic carbocycles. The highest BCUT2D eigenvalue weighted by molar-refractivity contribution is 5.94. The molecule has 2 atom stereocenters. The van der Waals surface area contributed by atoms with E-state index < -0.39 is 17.6 Å². The number of rotatable bonds is 4. The van der Waals surface area contributed by atoms with Crippen molar-refractivity contribution in [3.8, 4) is 0 Å². The van der Waals surface area contributed by atoms with Gasteiger partial charge in [-0.25, -0.2) is 0 Å². The number of aliphatic hydroxyl groups is 1. The molecule has 21 heavy (non-hydrogen) atoms. The van der Waals surface area contributed by atoms with Crippen LogP contribution in [-0.4, -0.2) is 24.2 Å². The first kappa shape index (κ1) is 15.8. The summed E-state index contributed by atoms with van der Waals surface area (Å²) in [5.41, 5.74) is -0.826. The first-order chi connectivity index (χ1) is 9.91. The number of benzene rings is 1. The van der Waals surface area contributed by atoms with Gasteiger partial charge in [-0.1, -0.05) is 12.5 Å². The molecule has 2 unspecified atom stereocenters. The molecule has 1 amide bonds. The topological polar surface area (TPSA) is 49.3 Å². The minimum Gasteiger partial charge on any atom is -0.396 e. The van der Waals surface area contributed by atoms with Crippen LogP contribution in [0.25, 0.3) is 0 Å². The lowest BCUT2D eigenvalue weighted by Crippen LogP contribution is -2.31. The third-order valence-electron chi connectivity index (χ3n) is 4.03. The number of halogens is 3. The zero-order valence-corrected chi connectivity index (χ0v) is 11.5. The second-order valence-corrected chi connectivity index (χ2v) is 5.42. The van der Waals surface area contributed by atoms with Crippen LogP contribution in [0.5, 0.6) is 0 Å². The summed E-state index contributed by atoms with van der Waals surface area (Å²) in [5, 5.41) is 11.9. The van der Waals surface area contributed by atoms with Crippen LogP contribution in [0.1, 0.15) is 35.2 Å². The predicted octanol–water partition coefficient (Wildman–Crippen LogP) is 2.84. The number of hydrogen-bond acceptors (Lipinski definition) is 2. The lowest BCUT2D eigenvalue weighted by Gasteiger charge is -2.18. The molecule has 0 radical (unpaired) electrons. The fourth-order valence-corrected chi connectivity index (χ4v) is 2.79. The van der Waals surface area contributed by atoms with Crippen molar-refractivity contribution in [2.75, 3.05) is 13.2 Å². The predicted molar refractivity (Wildman–Crippen MR) is 71.7 cm³/mol. The van der Waals surface area contributed by atoms with Crippen LogP contribution in [0.15, 0.2) is 24.3 Å². The Labute approximate surface area is 121 Å². The van der Waals surface area contributed by atoms with Crippen molar-refractivity contribution in [3.05, 3.63) is 35.4 Å². The number of amides is 1. The maximum absolute atomic E-state index is 12.6. The normalized spacial score (nSPS) is 22.3. The van der Waals surface area contributed by atoms with E-state index in [1.54, 1.807) is 0 Å². The highest BCUT2D eigenvalue weighted by Crippen LogP contribution is 2.31. The molecular weight excluding hydrogens is 283 g/mol. The van der Waals surface area contributed by atoms with E-state index in [-0.39, 0.29) is 24.0 Å². The minimum atomic E-state index is -4.45. The van der Waals surface area contributed by atoms with E-state index in [0.29, 0.717) is 6.54 Å². The highest BCUT2D eigenvalue weighted by atomic mass is 19.4. The van der Waals surface area contributed by atoms with Gasteiger partial charge in [0.05, 0.1) is 5.56 Å². The summed E-state index contributed by atoms with van der Waals surface area (Å²) in [7, 11) is 0. The summed E-state index contributed by atoms with van der Waals surface area (Å²) >= 11 is 0. The van der Waals surface area contributed by atoms with Crippen molar-refractivity contribution in [3.63, 3.8) is 0 Å². The van der Waals surface area contributed by atoms with Crippen LogP contribution in [0, 0.1) is 11.8 Å². The Morgan fingerprint density at radius 2 is 2.00 bits per heavy atom. The third-order valence-corrected chi connectivity index (χ3v) is 4.03. The monoisotopic (exact) mass is 301 g/mol. The maximum atomic E-state index is 12.6. The van der Waals surface area contributed by atoms with Crippen molar-refractivity contribution in [2.45, 2.75) is 25.4 Å². The number of hydrogen-bond donors (Lipinski definition) is 2. The van der Waals surface area contributed by atoms with Crippen LogP contribution in [-0.2, 0) is 6.18 Å². The minimum absolute atomic E-state index is 0.00312. The molecular formula is C15H18F3NO2. The molecule has 0 heterocycles. The summed E-state index contributed by atoms with van der Waals surface area (Å²) < 4.78 is 37.8. The van der Waals surface area contributed by atoms with Gasteiger partial charge in [0.2, 0.25) is 0 Å². The zero-order valence-electron chi connectivity index (χ0n) is 11.5. The number of carbonyl (C=O) groups excluding carboxylic acids is 1. The van der Waals surface area contributed by atoms with Crippen molar-refractivity contribution in [1.29, 1.82) is 0 Å². The SMILES string of the molecule is O=C(NCC1CCCC1CO)c1cccc(C(F)(F)F)c1. The van der Waals surface area contributed by atoms with Gasteiger partial charge in [0, 0.05) is 18.7 Å². The smallest absolute Gasteiger partial charge is 0.396 e. The van der Waals surface area contributed by atoms with Crippen LogP contribution in [0.3, 0.4) is 0 Å². The molecule has 1 aromatic rings. The first-order valence-corrected chi connectivity index (χ1v) is 6.98. The summed E-state index contributed by atoms with van der Waals surface area (Å²) in [6.45, 7) is 0.477. The molecule has 2 N–H and O–H groups in total. The molecule has 3 nitrogen and oxygen atoms in total. The van der Waals surface area contributed by atoms with E-state index >= 15 is 0 Å². The molecule has 1 fully saturated rings. The van der Waals surface area contributed by atoms with Gasteiger partial charge in [0.25, 0.3) is 5.91 Å². The molecule has 116 valence electrons. The van der Waals surface area contributed by atoms with Gasteiger partial charge >= 0.3 is 6.18 Å². The molecule has 1 saturated carbocycles. The lowest BCUT2D eigenvalue weighted by atomic mass is 9.97. The van der Waals surface area contributed by atoms with Crippen molar-refractivity contribution in [1.82, 2.24) is 5.32 Å². The van der Waals surface area contributed by atoms with Crippen molar-refractivity contribution in [2.24, 2.45) is 11.8 Å². The third kappa shape index (κ3) is 3.97. The van der Waals surface area contributed by atoms with Gasteiger partial charge in [-0.05, 0) is 42.9 Å². The maximum Gasteiger partial charge on any atom is 0.416 e. The van der Waals surface area contributed by atoms with Crippen LogP contribution in [0.2, 0.25) is 0 Å². The Bertz CT molecular complexity index is 502. The molecule has 0 saturated heterocycles. The van der Waals surface area contributed by atoms with E-state index in [9.17, 15) is 23.1 Å². The quantitative estimate of drug-likeness (QED) is 0.898. The molecule has 1 aliphatic rings. The molecule has 0 aliphatic heterocycles. The molecule has 0 aromatic heterocycles. The van der Waals surface area contributed by atoms with Crippen LogP contribution in [0.4, 0.5) is 13.2 Å². The van der Waals surface area contributed by atoms with E-state index in [1.165, 1.54) is 12.1 Å². The van der Waals surface area contributed by atoms with Crippen molar-refractivity contribution < 1.29 is 23.1 Å². The molecule has 6 heteroatoms. The molecule has 0 bridgehead atoms. The number of alkyl halides is 3. The average molecular weight is 301 g/mol. The summed E-state index contributed by atoms with van der Waals surface area (Å²) in [5.74, 6) is -0.138. The van der Waals surface area contributed by atoms with Crippen LogP contribution >= 0.6 is 0 Å². The van der Waals surface area contributed by atoms with Gasteiger partial charge in [-0.15, -0.1) is 0 Å². The Morgan fingerprint density at radius 3 is 2.67 bits per heavy atom. The number of carbonyl (C=O) groups is 1. The second kappa shape index (κ2) is 6.47. The molecule has 0 spiro atoms. The second-order valence-electron chi connectivity index (χ2n) is 5.42. The summed E-state index contributed by atoms with van der Waals surface area (Å²) in [6.07, 6.45) is -1.59. The van der Waals surface area contributed by atoms with Gasteiger partial charge in [-0.3, -0.25) is 4.79 Å². The van der Waals surface area contributed by atoms with Gasteiger partial charge in [-0.2, -0.15) is 13.2 Å². The van der Waals surface area contributed by atoms with Gasteiger partial charge < -0.3 is 10.4 Å². The Hall–Kier alpha value is -1.56. The Morgan fingerprint density at radius 1 is 1.29 bits per heavy atom. The van der Waals surface area contributed by atoms with E-state index in [2.05, 4.69) is 5.32 Å². The average Bonchev–Trinajstić information content (AvgIpc) is 2.91. The molecule has 1 aliphatic carbocycles. The Kier molecular flexibility index (Phi) is 4.88. The first-order valence-electron chi connectivity index (χ1n) is 6.98. The fourth-order valence-electron chi connectivity index (χ4n) is 2.79. The number of nitrogens with one attached hydrogen (secondary N) is 1. The number of aliphatic hydroxyl groups excluding tert-OH is 1. The van der Waals surface area contributed by atoms with E-state index in [0.717, 1.165) is 31.4 Å². The van der Waals surface area contributed by atoms with Crippen molar-refractivity contribution >= 4 is 5.91 Å². The van der Waals surface area contributed by atoms with E-state index in [4.69, 9.17) is 0 Å². The highest BCUT2D eigenvalue weighted by Gasteiger charge is 2.31. The van der Waals surface area contributed by atoms with Gasteiger partial charge in [0.1, 0.15) is 0 Å². The Balaban J connectivity index is 1.97. The van der Waals surface area contributed by atoms with Gasteiger partial charge in [0.15, 0.2) is 0 Å². The standard InChI is InChI=1S/C15H18F3NO2/c16-15(17,18)13-6-2-3-10(7-13)14(21)19-8-11-4-1-5-12(11)9-20/h2-3,6-7,11-12,20H,1,4-5,8-9H2,(H,19,21). The largest absolute Gasteiger partial charge is 0.416 e. The van der Waals surface area contributed by atoms with Crippen LogP contribution < -0.4 is 5.32 Å². The lowest BCUT2D eigenvalue weighted by molar-refractivity contribution is -0.137. The van der Waals surface area contributed by atoms with E-state index in [1.807, 2.05) is 0 Å². The summed E-state index contributed by atoms with van der Waals surface area (Å²) in [6, 6.07) is 4.38. The fraction of sp³-hybridized carbons (Fsp3) is 0.533. The zero-order chi connectivity index (χ0) is 15.5.